The topological polar surface area (TPSA) is 86.5 Å². The maximum Gasteiger partial charge on any atom is 0.262 e. The molecule has 1 heterocycles. The van der Waals surface area contributed by atoms with Gasteiger partial charge in [-0.2, -0.15) is 4.98 Å². The van der Waals surface area contributed by atoms with Crippen molar-refractivity contribution in [2.75, 3.05) is 19.0 Å². The van der Waals surface area contributed by atoms with Gasteiger partial charge in [0.15, 0.2) is 6.61 Å². The lowest BCUT2D eigenvalue weighted by Crippen LogP contribution is -2.20. The Hall–Kier alpha value is -3.84. The highest BCUT2D eigenvalue weighted by atomic mass is 35.5. The van der Waals surface area contributed by atoms with E-state index in [1.807, 2.05) is 30.3 Å². The van der Waals surface area contributed by atoms with Gasteiger partial charge in [-0.25, -0.2) is 0 Å². The molecule has 8 heteroatoms. The predicted octanol–water partition coefficient (Wildman–Crippen LogP) is 5.08. The molecule has 1 amide bonds. The number of halogens is 1. The van der Waals surface area contributed by atoms with Crippen molar-refractivity contribution in [1.29, 1.82) is 0 Å². The molecule has 0 unspecified atom stereocenters. The fraction of sp³-hybridized carbons (Fsp3) is 0.0870. The Morgan fingerprint density at radius 1 is 1.06 bits per heavy atom. The van der Waals surface area contributed by atoms with Crippen LogP contribution in [0.2, 0.25) is 5.02 Å². The number of rotatable bonds is 7. The van der Waals surface area contributed by atoms with E-state index in [1.165, 1.54) is 0 Å². The smallest absolute Gasteiger partial charge is 0.262 e. The molecule has 156 valence electrons. The monoisotopic (exact) mass is 435 g/mol. The van der Waals surface area contributed by atoms with Gasteiger partial charge in [0.25, 0.3) is 11.8 Å². The second-order valence-electron chi connectivity index (χ2n) is 6.50. The molecule has 0 spiro atoms. The van der Waals surface area contributed by atoms with Crippen molar-refractivity contribution in [2.45, 2.75) is 0 Å². The van der Waals surface area contributed by atoms with Gasteiger partial charge in [0.05, 0.1) is 12.7 Å². The standard InChI is InChI=1S/C23H18ClN3O4/c1-29-20-11-3-2-10-19(20)23-26-22(27-31-23)15-6-4-9-18(12-15)30-14-21(28)25-17-8-5-7-16(24)13-17/h2-13H,14H2,1H3,(H,25,28). The second-order valence-corrected chi connectivity index (χ2v) is 6.93. The summed E-state index contributed by atoms with van der Waals surface area (Å²) < 4.78 is 16.4. The fourth-order valence-electron chi connectivity index (χ4n) is 2.91. The van der Waals surface area contributed by atoms with E-state index in [2.05, 4.69) is 15.5 Å². The molecule has 4 rings (SSSR count). The van der Waals surface area contributed by atoms with Gasteiger partial charge in [0.1, 0.15) is 11.5 Å². The highest BCUT2D eigenvalue weighted by molar-refractivity contribution is 6.30. The Bertz CT molecular complexity index is 1210. The van der Waals surface area contributed by atoms with Gasteiger partial charge >= 0.3 is 0 Å². The first kappa shape index (κ1) is 20.4. The maximum absolute atomic E-state index is 12.1. The number of nitrogens with zero attached hydrogens (tertiary/aromatic N) is 2. The predicted molar refractivity (Wildman–Crippen MR) is 117 cm³/mol. The Morgan fingerprint density at radius 3 is 2.74 bits per heavy atom. The number of methoxy groups -OCH3 is 1. The van der Waals surface area contributed by atoms with E-state index in [-0.39, 0.29) is 12.5 Å². The SMILES string of the molecule is COc1ccccc1-c1nc(-c2cccc(OCC(=O)Nc3cccc(Cl)c3)c2)no1. The summed E-state index contributed by atoms with van der Waals surface area (Å²) in [6.45, 7) is -0.158. The third-order valence-corrected chi connectivity index (χ3v) is 4.57. The molecule has 0 aliphatic carbocycles. The third-order valence-electron chi connectivity index (χ3n) is 4.33. The Morgan fingerprint density at radius 2 is 1.90 bits per heavy atom. The molecular formula is C23H18ClN3O4. The minimum absolute atomic E-state index is 0.158. The number of carbonyl (C=O) groups is 1. The molecule has 0 aliphatic rings. The number of benzene rings is 3. The van der Waals surface area contributed by atoms with Crippen molar-refractivity contribution in [3.05, 3.63) is 77.8 Å². The first-order chi connectivity index (χ1) is 15.1. The quantitative estimate of drug-likeness (QED) is 0.435. The normalized spacial score (nSPS) is 10.5. The van der Waals surface area contributed by atoms with E-state index < -0.39 is 0 Å². The summed E-state index contributed by atoms with van der Waals surface area (Å²) in [5.41, 5.74) is 2.00. The Kier molecular flexibility index (Phi) is 6.14. The van der Waals surface area contributed by atoms with Crippen LogP contribution < -0.4 is 14.8 Å². The zero-order chi connectivity index (χ0) is 21.6. The van der Waals surface area contributed by atoms with E-state index in [4.69, 9.17) is 25.6 Å². The van der Waals surface area contributed by atoms with Crippen LogP contribution in [-0.2, 0) is 4.79 Å². The molecule has 7 nitrogen and oxygen atoms in total. The van der Waals surface area contributed by atoms with Crippen LogP contribution in [0.4, 0.5) is 5.69 Å². The molecule has 0 radical (unpaired) electrons. The zero-order valence-corrected chi connectivity index (χ0v) is 17.3. The minimum atomic E-state index is -0.300. The van der Waals surface area contributed by atoms with Gasteiger partial charge in [-0.3, -0.25) is 4.79 Å². The van der Waals surface area contributed by atoms with Crippen LogP contribution >= 0.6 is 11.6 Å². The van der Waals surface area contributed by atoms with Crippen LogP contribution in [0.15, 0.2) is 77.3 Å². The molecule has 0 saturated carbocycles. The van der Waals surface area contributed by atoms with Crippen molar-refractivity contribution >= 4 is 23.2 Å². The summed E-state index contributed by atoms with van der Waals surface area (Å²) in [5.74, 6) is 1.59. The largest absolute Gasteiger partial charge is 0.496 e. The number of ether oxygens (including phenoxy) is 2. The summed E-state index contributed by atoms with van der Waals surface area (Å²) in [5, 5.41) is 7.32. The minimum Gasteiger partial charge on any atom is -0.496 e. The molecule has 0 saturated heterocycles. The van der Waals surface area contributed by atoms with Gasteiger partial charge in [-0.1, -0.05) is 47.1 Å². The van der Waals surface area contributed by atoms with Crippen LogP contribution in [-0.4, -0.2) is 29.8 Å². The van der Waals surface area contributed by atoms with E-state index in [0.29, 0.717) is 45.1 Å². The van der Waals surface area contributed by atoms with Gasteiger partial charge in [-0.15, -0.1) is 0 Å². The number of hydrogen-bond donors (Lipinski definition) is 1. The molecular weight excluding hydrogens is 418 g/mol. The number of para-hydroxylation sites is 1. The highest BCUT2D eigenvalue weighted by Gasteiger charge is 2.15. The van der Waals surface area contributed by atoms with E-state index >= 15 is 0 Å². The molecule has 0 aliphatic heterocycles. The van der Waals surface area contributed by atoms with Crippen LogP contribution in [0.1, 0.15) is 0 Å². The number of amides is 1. The molecule has 1 aromatic heterocycles. The maximum atomic E-state index is 12.1. The number of hydrogen-bond acceptors (Lipinski definition) is 6. The summed E-state index contributed by atoms with van der Waals surface area (Å²) in [6, 6.07) is 21.4. The lowest BCUT2D eigenvalue weighted by atomic mass is 10.2. The van der Waals surface area contributed by atoms with Gasteiger partial charge in [0.2, 0.25) is 5.82 Å². The van der Waals surface area contributed by atoms with Gasteiger partial charge in [-0.05, 0) is 42.5 Å². The van der Waals surface area contributed by atoms with E-state index in [0.717, 1.165) is 0 Å². The summed E-state index contributed by atoms with van der Waals surface area (Å²) >= 11 is 5.93. The summed E-state index contributed by atoms with van der Waals surface area (Å²) in [4.78, 5) is 16.6. The molecule has 0 fully saturated rings. The van der Waals surface area contributed by atoms with Crippen LogP contribution in [0.25, 0.3) is 22.8 Å². The average molecular weight is 436 g/mol. The number of carbonyl (C=O) groups excluding carboxylic acids is 1. The van der Waals surface area contributed by atoms with Crippen LogP contribution in [0.3, 0.4) is 0 Å². The van der Waals surface area contributed by atoms with Crippen molar-refractivity contribution < 1.29 is 18.8 Å². The lowest BCUT2D eigenvalue weighted by Gasteiger charge is -2.08. The van der Waals surface area contributed by atoms with E-state index in [9.17, 15) is 4.79 Å². The summed E-state index contributed by atoms with van der Waals surface area (Å²) in [7, 11) is 1.58. The number of aromatic nitrogens is 2. The number of anilines is 1. The second kappa shape index (κ2) is 9.32. The van der Waals surface area contributed by atoms with Gasteiger partial charge in [0, 0.05) is 16.3 Å². The molecule has 3 aromatic carbocycles. The van der Waals surface area contributed by atoms with E-state index in [1.54, 1.807) is 49.6 Å². The average Bonchev–Trinajstić information content (AvgIpc) is 3.28. The molecule has 31 heavy (non-hydrogen) atoms. The van der Waals surface area contributed by atoms with Crippen molar-refractivity contribution in [2.24, 2.45) is 0 Å². The van der Waals surface area contributed by atoms with Crippen molar-refractivity contribution in [3.8, 4) is 34.3 Å². The van der Waals surface area contributed by atoms with Crippen molar-refractivity contribution in [3.63, 3.8) is 0 Å². The molecule has 1 N–H and O–H groups in total. The van der Waals surface area contributed by atoms with Crippen molar-refractivity contribution in [1.82, 2.24) is 10.1 Å². The molecule has 0 bridgehead atoms. The Balaban J connectivity index is 1.44. The lowest BCUT2D eigenvalue weighted by molar-refractivity contribution is -0.118. The van der Waals surface area contributed by atoms with Gasteiger partial charge < -0.3 is 19.3 Å². The van der Waals surface area contributed by atoms with Crippen LogP contribution in [0, 0.1) is 0 Å². The number of nitrogens with one attached hydrogen (secondary N) is 1. The third kappa shape index (κ3) is 5.02. The molecule has 4 aromatic rings. The summed E-state index contributed by atoms with van der Waals surface area (Å²) in [6.07, 6.45) is 0. The highest BCUT2D eigenvalue weighted by Crippen LogP contribution is 2.30. The first-order valence-electron chi connectivity index (χ1n) is 9.38. The Labute approximate surface area is 183 Å². The fourth-order valence-corrected chi connectivity index (χ4v) is 3.10. The van der Waals surface area contributed by atoms with Crippen LogP contribution in [0.5, 0.6) is 11.5 Å². The zero-order valence-electron chi connectivity index (χ0n) is 16.5. The first-order valence-corrected chi connectivity index (χ1v) is 9.76. The molecule has 0 atom stereocenters.